The van der Waals surface area contributed by atoms with Crippen molar-refractivity contribution in [1.82, 2.24) is 15.5 Å². The normalized spacial score (nSPS) is 20.8. The van der Waals surface area contributed by atoms with Gasteiger partial charge in [0, 0.05) is 12.5 Å². The Kier molecular flexibility index (Phi) is 4.56. The number of likely N-dealkylation sites (N-methyl/N-ethyl adjacent to an activating group) is 1. The lowest BCUT2D eigenvalue weighted by Gasteiger charge is -2.22. The molecule has 2 aliphatic rings. The molecule has 0 radical (unpaired) electrons. The Hall–Kier alpha value is -3.16. The molecule has 2 aromatic carbocycles. The highest BCUT2D eigenvalue weighted by atomic mass is 16.5. The van der Waals surface area contributed by atoms with E-state index in [1.807, 2.05) is 48.5 Å². The number of carbonyl (C=O) groups excluding carboxylic acids is 1. The second kappa shape index (κ2) is 7.27. The Labute approximate surface area is 174 Å². The summed E-state index contributed by atoms with van der Waals surface area (Å²) in [7, 11) is 1.71. The number of amides is 1. The van der Waals surface area contributed by atoms with Crippen molar-refractivity contribution in [2.45, 2.75) is 30.5 Å². The van der Waals surface area contributed by atoms with Gasteiger partial charge < -0.3 is 14.7 Å². The number of aromatic nitrogens is 2. The molecule has 0 spiro atoms. The molecule has 0 saturated heterocycles. The lowest BCUT2D eigenvalue weighted by Crippen LogP contribution is -2.48. The van der Waals surface area contributed by atoms with Crippen molar-refractivity contribution in [2.75, 3.05) is 18.6 Å². The van der Waals surface area contributed by atoms with Crippen molar-refractivity contribution >= 4 is 11.6 Å². The van der Waals surface area contributed by atoms with Gasteiger partial charge in [-0.25, -0.2) is 0 Å². The first-order chi connectivity index (χ1) is 14.6. The molecule has 7 heteroatoms. The second-order valence-electron chi connectivity index (χ2n) is 7.95. The molecule has 1 aliphatic heterocycles. The van der Waals surface area contributed by atoms with E-state index in [9.17, 15) is 9.90 Å². The maximum absolute atomic E-state index is 12.9. The highest BCUT2D eigenvalue weighted by Gasteiger charge is 2.48. The molecule has 30 heavy (non-hydrogen) atoms. The summed E-state index contributed by atoms with van der Waals surface area (Å²) in [6, 6.07) is 18.9. The monoisotopic (exact) mass is 404 g/mol. The molecule has 2 atom stereocenters. The van der Waals surface area contributed by atoms with E-state index < -0.39 is 12.3 Å². The number of carbonyl (C=O) groups is 1. The van der Waals surface area contributed by atoms with E-state index in [2.05, 4.69) is 27.6 Å². The number of anilines is 1. The van der Waals surface area contributed by atoms with Crippen LogP contribution >= 0.6 is 0 Å². The van der Waals surface area contributed by atoms with Crippen LogP contribution < -0.4 is 15.0 Å². The van der Waals surface area contributed by atoms with Crippen LogP contribution in [0.15, 0.2) is 60.7 Å². The number of nitrogens with zero attached hydrogens (tertiary/aromatic N) is 2. The third kappa shape index (κ3) is 3.16. The summed E-state index contributed by atoms with van der Waals surface area (Å²) in [5.41, 5.74) is 3.31. The molecule has 154 valence electrons. The van der Waals surface area contributed by atoms with Crippen LogP contribution in [0.3, 0.4) is 0 Å². The fraction of sp³-hybridized carbons (Fsp3) is 0.304. The molecule has 1 amide bonds. The zero-order valence-corrected chi connectivity index (χ0v) is 16.7. The molecular formula is C23H24N4O3. The number of ether oxygens (including phenoxy) is 1. The summed E-state index contributed by atoms with van der Waals surface area (Å²) < 4.78 is 5.80. The van der Waals surface area contributed by atoms with Crippen molar-refractivity contribution in [3.8, 4) is 5.75 Å². The van der Waals surface area contributed by atoms with Gasteiger partial charge in [0.1, 0.15) is 24.6 Å². The lowest BCUT2D eigenvalue weighted by molar-refractivity contribution is -0.121. The Bertz CT molecular complexity index is 1060. The highest BCUT2D eigenvalue weighted by Crippen LogP contribution is 2.52. The summed E-state index contributed by atoms with van der Waals surface area (Å²) in [6.45, 7) is 0.131. The number of para-hydroxylation sites is 2. The molecule has 1 aromatic heterocycles. The number of H-pyrrole nitrogens is 1. The minimum absolute atomic E-state index is 0.0845. The van der Waals surface area contributed by atoms with Crippen LogP contribution in [-0.4, -0.2) is 40.9 Å². The fourth-order valence-corrected chi connectivity index (χ4v) is 4.15. The van der Waals surface area contributed by atoms with Crippen LogP contribution in [0, 0.1) is 0 Å². The zero-order valence-electron chi connectivity index (χ0n) is 16.7. The number of aromatic amines is 1. The van der Waals surface area contributed by atoms with Gasteiger partial charge in [-0.05, 0) is 36.6 Å². The maximum Gasteiger partial charge on any atom is 0.247 e. The molecule has 1 aliphatic carbocycles. The standard InChI is InChI=1S/C23H24N4O3/c1-27-18-9-5-6-10-19(18)30-14-17(22(27)29)24-21(28)16-13-20(26-25-16)23(11-12-23)15-7-3-2-4-8-15/h2-10,13,17,21,24,28H,11-12,14H2,1H3,(H,25,26)/t17-,21?/m0/s1. The molecule has 3 N–H and O–H groups in total. The van der Waals surface area contributed by atoms with Crippen LogP contribution in [0.25, 0.3) is 0 Å². The number of benzene rings is 2. The number of aliphatic hydroxyl groups excluding tert-OH is 1. The molecule has 5 rings (SSSR count). The Morgan fingerprint density at radius 1 is 1.20 bits per heavy atom. The smallest absolute Gasteiger partial charge is 0.247 e. The van der Waals surface area contributed by atoms with Gasteiger partial charge in [-0.1, -0.05) is 42.5 Å². The number of nitrogens with one attached hydrogen (secondary N) is 2. The van der Waals surface area contributed by atoms with Gasteiger partial charge in [0.25, 0.3) is 0 Å². The van der Waals surface area contributed by atoms with Gasteiger partial charge in [-0.2, -0.15) is 5.10 Å². The molecule has 3 aromatic rings. The largest absolute Gasteiger partial charge is 0.489 e. The Morgan fingerprint density at radius 3 is 2.70 bits per heavy atom. The van der Waals surface area contributed by atoms with E-state index in [0.717, 1.165) is 18.5 Å². The first-order valence-corrected chi connectivity index (χ1v) is 10.1. The van der Waals surface area contributed by atoms with Gasteiger partial charge in [0.05, 0.1) is 17.1 Å². The summed E-state index contributed by atoms with van der Waals surface area (Å²) >= 11 is 0. The average molecular weight is 404 g/mol. The van der Waals surface area contributed by atoms with E-state index in [1.54, 1.807) is 11.9 Å². The van der Waals surface area contributed by atoms with Crippen molar-refractivity contribution in [2.24, 2.45) is 0 Å². The molecule has 2 heterocycles. The quantitative estimate of drug-likeness (QED) is 0.569. The van der Waals surface area contributed by atoms with Crippen LogP contribution in [0.1, 0.15) is 36.0 Å². The van der Waals surface area contributed by atoms with E-state index in [1.165, 1.54) is 5.56 Å². The molecule has 1 saturated carbocycles. The lowest BCUT2D eigenvalue weighted by atomic mass is 9.92. The first kappa shape index (κ1) is 18.8. The van der Waals surface area contributed by atoms with Gasteiger partial charge in [-0.15, -0.1) is 0 Å². The van der Waals surface area contributed by atoms with Crippen molar-refractivity contribution in [3.05, 3.63) is 77.6 Å². The summed E-state index contributed by atoms with van der Waals surface area (Å²) in [5, 5.41) is 21.1. The maximum atomic E-state index is 12.9. The fourth-order valence-electron chi connectivity index (χ4n) is 4.15. The third-order valence-electron chi connectivity index (χ3n) is 6.08. The van der Waals surface area contributed by atoms with Crippen molar-refractivity contribution in [1.29, 1.82) is 0 Å². The summed E-state index contributed by atoms with van der Waals surface area (Å²) in [5.74, 6) is 0.483. The predicted molar refractivity (Wildman–Crippen MR) is 112 cm³/mol. The topological polar surface area (TPSA) is 90.5 Å². The van der Waals surface area contributed by atoms with Gasteiger partial charge in [0.15, 0.2) is 0 Å². The minimum Gasteiger partial charge on any atom is -0.489 e. The molecule has 7 nitrogen and oxygen atoms in total. The minimum atomic E-state index is -1.06. The SMILES string of the molecule is CN1C(=O)[C@@H](NC(O)c2cc(C3(c4ccccc4)CC3)n[nH]2)COc2ccccc21. The molecule has 0 bridgehead atoms. The third-order valence-corrected chi connectivity index (χ3v) is 6.08. The van der Waals surface area contributed by atoms with Gasteiger partial charge >= 0.3 is 0 Å². The second-order valence-corrected chi connectivity index (χ2v) is 7.95. The summed E-state index contributed by atoms with van der Waals surface area (Å²) in [6.07, 6.45) is 0.996. The van der Waals surface area contributed by atoms with Crippen LogP contribution in [0.4, 0.5) is 5.69 Å². The van der Waals surface area contributed by atoms with Crippen molar-refractivity contribution < 1.29 is 14.6 Å². The first-order valence-electron chi connectivity index (χ1n) is 10.1. The number of hydrogen-bond donors (Lipinski definition) is 3. The number of rotatable bonds is 5. The van der Waals surface area contributed by atoms with E-state index in [4.69, 9.17) is 4.74 Å². The molecule has 1 fully saturated rings. The zero-order chi connectivity index (χ0) is 20.7. The van der Waals surface area contributed by atoms with Crippen LogP contribution in [0.2, 0.25) is 0 Å². The highest BCUT2D eigenvalue weighted by molar-refractivity contribution is 5.98. The van der Waals surface area contributed by atoms with E-state index in [0.29, 0.717) is 17.1 Å². The average Bonchev–Trinajstić information content (AvgIpc) is 3.47. The number of fused-ring (bicyclic) bond motifs is 1. The summed E-state index contributed by atoms with van der Waals surface area (Å²) in [4.78, 5) is 14.4. The molecular weight excluding hydrogens is 380 g/mol. The Balaban J connectivity index is 1.32. The van der Waals surface area contributed by atoms with Gasteiger partial charge in [0.2, 0.25) is 5.91 Å². The molecule has 1 unspecified atom stereocenters. The van der Waals surface area contributed by atoms with Crippen LogP contribution in [-0.2, 0) is 10.2 Å². The van der Waals surface area contributed by atoms with Crippen molar-refractivity contribution in [3.63, 3.8) is 0 Å². The van der Waals surface area contributed by atoms with E-state index in [-0.39, 0.29) is 17.9 Å². The predicted octanol–water partition coefficient (Wildman–Crippen LogP) is 2.49. The Morgan fingerprint density at radius 2 is 1.93 bits per heavy atom. The number of aliphatic hydroxyl groups is 1. The van der Waals surface area contributed by atoms with Crippen LogP contribution in [0.5, 0.6) is 5.75 Å². The number of hydrogen-bond acceptors (Lipinski definition) is 5. The van der Waals surface area contributed by atoms with Gasteiger partial charge in [-0.3, -0.25) is 15.2 Å². The van der Waals surface area contributed by atoms with E-state index >= 15 is 0 Å².